The highest BCUT2D eigenvalue weighted by Gasteiger charge is 2.04. The summed E-state index contributed by atoms with van der Waals surface area (Å²) >= 11 is 3.37. The summed E-state index contributed by atoms with van der Waals surface area (Å²) in [7, 11) is 1.72. The van der Waals surface area contributed by atoms with E-state index in [1.807, 2.05) is 6.92 Å². The van der Waals surface area contributed by atoms with Crippen LogP contribution in [0.2, 0.25) is 0 Å². The van der Waals surface area contributed by atoms with Crippen LogP contribution in [0.5, 0.6) is 0 Å². The van der Waals surface area contributed by atoms with Gasteiger partial charge >= 0.3 is 0 Å². The monoisotopic (exact) mass is 218 g/mol. The molecule has 1 aromatic rings. The highest BCUT2D eigenvalue weighted by molar-refractivity contribution is 8.01. The average molecular weight is 218 g/mol. The first-order chi connectivity index (χ1) is 6.24. The summed E-state index contributed by atoms with van der Waals surface area (Å²) in [6.07, 6.45) is 1.07. The summed E-state index contributed by atoms with van der Waals surface area (Å²) in [5.74, 6) is 1.07. The first-order valence-electron chi connectivity index (χ1n) is 4.08. The van der Waals surface area contributed by atoms with Crippen LogP contribution in [0.25, 0.3) is 0 Å². The number of nitrogens with two attached hydrogens (primary N) is 1. The molecule has 0 radical (unpaired) electrons. The second-order valence-electron chi connectivity index (χ2n) is 2.62. The van der Waals surface area contributed by atoms with Crippen molar-refractivity contribution in [2.24, 2.45) is 0 Å². The Labute approximate surface area is 86.7 Å². The molecule has 1 aromatic heterocycles. The Morgan fingerprint density at radius 1 is 1.62 bits per heavy atom. The number of rotatable bonds is 5. The normalized spacial score (nSPS) is 10.6. The van der Waals surface area contributed by atoms with Gasteiger partial charge in [0.05, 0.1) is 9.90 Å². The third kappa shape index (κ3) is 3.54. The lowest BCUT2D eigenvalue weighted by atomic mass is 10.5. The molecule has 0 unspecified atom stereocenters. The highest BCUT2D eigenvalue weighted by Crippen LogP contribution is 2.30. The van der Waals surface area contributed by atoms with Gasteiger partial charge in [-0.1, -0.05) is 11.3 Å². The quantitative estimate of drug-likeness (QED) is 0.608. The number of hydrogen-bond acceptors (Lipinski definition) is 5. The lowest BCUT2D eigenvalue weighted by molar-refractivity contribution is 0.200. The van der Waals surface area contributed by atoms with Crippen LogP contribution in [0, 0.1) is 6.92 Å². The molecular weight excluding hydrogens is 204 g/mol. The van der Waals surface area contributed by atoms with Gasteiger partial charge in [-0.3, -0.25) is 0 Å². The minimum atomic E-state index is 0.659. The molecule has 2 N–H and O–H groups in total. The minimum Gasteiger partial charge on any atom is -0.385 e. The van der Waals surface area contributed by atoms with E-state index in [0.29, 0.717) is 5.13 Å². The molecule has 0 fully saturated rings. The lowest BCUT2D eigenvalue weighted by Gasteiger charge is -1.98. The Bertz CT molecular complexity index is 263. The maximum atomic E-state index is 5.58. The van der Waals surface area contributed by atoms with Crippen LogP contribution in [0.15, 0.2) is 4.21 Å². The van der Waals surface area contributed by atoms with E-state index in [2.05, 4.69) is 4.98 Å². The Morgan fingerprint density at radius 3 is 2.92 bits per heavy atom. The van der Waals surface area contributed by atoms with Gasteiger partial charge in [-0.25, -0.2) is 4.98 Å². The fourth-order valence-electron chi connectivity index (χ4n) is 0.905. The van der Waals surface area contributed by atoms with Crippen LogP contribution in [-0.4, -0.2) is 24.5 Å². The number of thioether (sulfide) groups is 1. The topological polar surface area (TPSA) is 48.1 Å². The molecule has 5 heteroatoms. The summed E-state index contributed by atoms with van der Waals surface area (Å²) in [6, 6.07) is 0. The van der Waals surface area contributed by atoms with E-state index in [1.165, 1.54) is 4.21 Å². The van der Waals surface area contributed by atoms with E-state index in [9.17, 15) is 0 Å². The Hall–Kier alpha value is -0.260. The van der Waals surface area contributed by atoms with Crippen molar-refractivity contribution >= 4 is 28.2 Å². The van der Waals surface area contributed by atoms with E-state index in [0.717, 1.165) is 24.5 Å². The van der Waals surface area contributed by atoms with Crippen molar-refractivity contribution in [3.63, 3.8) is 0 Å². The van der Waals surface area contributed by atoms with Crippen LogP contribution in [0.3, 0.4) is 0 Å². The van der Waals surface area contributed by atoms with Gasteiger partial charge in [0.25, 0.3) is 0 Å². The molecule has 1 heterocycles. The molecule has 0 atom stereocenters. The van der Waals surface area contributed by atoms with E-state index in [4.69, 9.17) is 10.5 Å². The molecular formula is C8H14N2OS2. The number of aromatic nitrogens is 1. The molecule has 13 heavy (non-hydrogen) atoms. The number of methoxy groups -OCH3 is 1. The summed E-state index contributed by atoms with van der Waals surface area (Å²) < 4.78 is 6.20. The van der Waals surface area contributed by atoms with Gasteiger partial charge in [0, 0.05) is 19.5 Å². The minimum absolute atomic E-state index is 0.659. The van der Waals surface area contributed by atoms with Crippen LogP contribution in [-0.2, 0) is 4.74 Å². The SMILES string of the molecule is COCCCSc1sc(N)nc1C. The zero-order valence-corrected chi connectivity index (χ0v) is 9.50. The van der Waals surface area contributed by atoms with Crippen LogP contribution in [0.1, 0.15) is 12.1 Å². The molecule has 0 aliphatic heterocycles. The molecule has 0 aromatic carbocycles. The van der Waals surface area contributed by atoms with Crippen molar-refractivity contribution < 1.29 is 4.74 Å². The summed E-state index contributed by atoms with van der Waals surface area (Å²) in [5.41, 5.74) is 6.63. The molecule has 0 bridgehead atoms. The van der Waals surface area contributed by atoms with Crippen LogP contribution in [0.4, 0.5) is 5.13 Å². The van der Waals surface area contributed by atoms with Crippen molar-refractivity contribution in [1.82, 2.24) is 4.98 Å². The van der Waals surface area contributed by atoms with Crippen molar-refractivity contribution in [1.29, 1.82) is 0 Å². The molecule has 0 aliphatic rings. The second kappa shape index (κ2) is 5.47. The average Bonchev–Trinajstić information content (AvgIpc) is 2.39. The summed E-state index contributed by atoms with van der Waals surface area (Å²) in [4.78, 5) is 4.15. The Morgan fingerprint density at radius 2 is 2.38 bits per heavy atom. The van der Waals surface area contributed by atoms with Gasteiger partial charge in [0.2, 0.25) is 0 Å². The van der Waals surface area contributed by atoms with Gasteiger partial charge < -0.3 is 10.5 Å². The maximum absolute atomic E-state index is 5.58. The number of nitrogen functional groups attached to an aromatic ring is 1. The number of anilines is 1. The third-order valence-corrected chi connectivity index (χ3v) is 3.93. The first kappa shape index (κ1) is 10.8. The van der Waals surface area contributed by atoms with Crippen molar-refractivity contribution in [3.8, 4) is 0 Å². The number of ether oxygens (including phenoxy) is 1. The number of hydrogen-bond donors (Lipinski definition) is 1. The predicted molar refractivity (Wildman–Crippen MR) is 58.5 cm³/mol. The molecule has 74 valence electrons. The first-order valence-corrected chi connectivity index (χ1v) is 5.89. The maximum Gasteiger partial charge on any atom is 0.181 e. The Kier molecular flexibility index (Phi) is 4.55. The summed E-state index contributed by atoms with van der Waals surface area (Å²) in [5, 5.41) is 0.659. The third-order valence-electron chi connectivity index (χ3n) is 1.50. The molecule has 0 amide bonds. The number of thiazole rings is 1. The molecule has 0 aliphatic carbocycles. The van der Waals surface area contributed by atoms with Gasteiger partial charge in [-0.05, 0) is 13.3 Å². The Balaban J connectivity index is 2.32. The molecule has 0 saturated heterocycles. The zero-order valence-electron chi connectivity index (χ0n) is 7.87. The van der Waals surface area contributed by atoms with Gasteiger partial charge in [-0.2, -0.15) is 0 Å². The molecule has 3 nitrogen and oxygen atoms in total. The van der Waals surface area contributed by atoms with E-state index >= 15 is 0 Å². The predicted octanol–water partition coefficient (Wildman–Crippen LogP) is 2.16. The zero-order chi connectivity index (χ0) is 9.68. The number of aryl methyl sites for hydroxylation is 1. The standard InChI is InChI=1S/C8H14N2OS2/c1-6-7(13-8(9)10-6)12-5-3-4-11-2/h3-5H2,1-2H3,(H2,9,10). The second-order valence-corrected chi connectivity index (χ2v) is 5.01. The highest BCUT2D eigenvalue weighted by atomic mass is 32.2. The van der Waals surface area contributed by atoms with E-state index in [1.54, 1.807) is 30.2 Å². The van der Waals surface area contributed by atoms with Crippen molar-refractivity contribution in [3.05, 3.63) is 5.69 Å². The van der Waals surface area contributed by atoms with Crippen molar-refractivity contribution in [2.45, 2.75) is 17.6 Å². The van der Waals surface area contributed by atoms with Gasteiger partial charge in [0.15, 0.2) is 5.13 Å². The van der Waals surface area contributed by atoms with Crippen LogP contribution < -0.4 is 5.73 Å². The van der Waals surface area contributed by atoms with E-state index < -0.39 is 0 Å². The largest absolute Gasteiger partial charge is 0.385 e. The lowest BCUT2D eigenvalue weighted by Crippen LogP contribution is -1.89. The number of nitrogens with zero attached hydrogens (tertiary/aromatic N) is 1. The van der Waals surface area contributed by atoms with Crippen molar-refractivity contribution in [2.75, 3.05) is 25.2 Å². The fraction of sp³-hybridized carbons (Fsp3) is 0.625. The fourth-order valence-corrected chi connectivity index (χ4v) is 2.91. The molecule has 0 saturated carbocycles. The van der Waals surface area contributed by atoms with Gasteiger partial charge in [-0.15, -0.1) is 11.8 Å². The van der Waals surface area contributed by atoms with Crippen LogP contribution >= 0.6 is 23.1 Å². The molecule has 1 rings (SSSR count). The van der Waals surface area contributed by atoms with E-state index in [-0.39, 0.29) is 0 Å². The summed E-state index contributed by atoms with van der Waals surface area (Å²) in [6.45, 7) is 2.81. The van der Waals surface area contributed by atoms with Gasteiger partial charge in [0.1, 0.15) is 0 Å². The smallest absolute Gasteiger partial charge is 0.181 e. The molecule has 0 spiro atoms.